The molecule has 0 amide bonds. The van der Waals surface area contributed by atoms with Crippen LogP contribution in [-0.4, -0.2) is 47.1 Å². The monoisotopic (exact) mass is 495 g/mol. The maximum absolute atomic E-state index is 6.12. The number of morpholine rings is 1. The van der Waals surface area contributed by atoms with E-state index in [9.17, 15) is 0 Å². The van der Waals surface area contributed by atoms with E-state index in [2.05, 4.69) is 45.1 Å². The fourth-order valence-electron chi connectivity index (χ4n) is 4.17. The summed E-state index contributed by atoms with van der Waals surface area (Å²) in [6.45, 7) is 2.99. The molecule has 3 aromatic rings. The molecule has 8 heteroatoms. The highest BCUT2D eigenvalue weighted by atomic mass is 79.9. The maximum Gasteiger partial charge on any atom is 0.187 e. The first-order valence-electron chi connectivity index (χ1n) is 10.2. The van der Waals surface area contributed by atoms with E-state index in [0.717, 1.165) is 51.1 Å². The first-order chi connectivity index (χ1) is 15.1. The Bertz CT molecular complexity index is 1160. The molecule has 2 N–H and O–H groups in total. The van der Waals surface area contributed by atoms with E-state index < -0.39 is 0 Å². The topological polar surface area (TPSA) is 67.0 Å². The molecule has 3 heterocycles. The largest absolute Gasteiger partial charge is 0.378 e. The van der Waals surface area contributed by atoms with Crippen LogP contribution in [0, 0.1) is 0 Å². The molecule has 0 aliphatic carbocycles. The van der Waals surface area contributed by atoms with Crippen molar-refractivity contribution in [3.8, 4) is 0 Å². The molecule has 2 aliphatic heterocycles. The summed E-state index contributed by atoms with van der Waals surface area (Å²) < 4.78 is 6.60. The van der Waals surface area contributed by atoms with Crippen molar-refractivity contribution in [2.75, 3.05) is 31.2 Å². The zero-order valence-electron chi connectivity index (χ0n) is 16.9. The number of benzene rings is 2. The highest BCUT2D eigenvalue weighted by Gasteiger charge is 2.34. The minimum atomic E-state index is -0.105. The van der Waals surface area contributed by atoms with Crippen LogP contribution in [0.15, 0.2) is 64.2 Å². The van der Waals surface area contributed by atoms with Crippen LogP contribution in [0.4, 0.5) is 5.82 Å². The molecule has 1 unspecified atom stereocenters. The summed E-state index contributed by atoms with van der Waals surface area (Å²) in [6.07, 6.45) is 0.705. The minimum Gasteiger partial charge on any atom is -0.378 e. The summed E-state index contributed by atoms with van der Waals surface area (Å²) in [4.78, 5) is 7.34. The first kappa shape index (κ1) is 20.4. The quantitative estimate of drug-likeness (QED) is 0.548. The second-order valence-electron chi connectivity index (χ2n) is 7.65. The number of halogens is 1. The Kier molecular flexibility index (Phi) is 5.60. The van der Waals surface area contributed by atoms with Gasteiger partial charge in [-0.3, -0.25) is 0 Å². The van der Waals surface area contributed by atoms with Crippen molar-refractivity contribution in [1.82, 2.24) is 9.99 Å². The van der Waals surface area contributed by atoms with Gasteiger partial charge < -0.3 is 15.4 Å². The van der Waals surface area contributed by atoms with E-state index in [0.29, 0.717) is 19.6 Å². The summed E-state index contributed by atoms with van der Waals surface area (Å²) >= 11 is 8.89. The third kappa shape index (κ3) is 4.03. The van der Waals surface area contributed by atoms with Crippen molar-refractivity contribution in [2.24, 2.45) is 10.8 Å². The summed E-state index contributed by atoms with van der Waals surface area (Å²) in [5.41, 5.74) is 10.2. The SMILES string of the molecule is NC(=S)N1N=C(c2ccc(Br)cc2)CC1c1cc2ccccc2nc1N1CCOCC1. The number of fused-ring (bicyclic) bond motifs is 1. The maximum atomic E-state index is 6.12. The molecule has 1 aromatic heterocycles. The lowest BCUT2D eigenvalue weighted by Crippen LogP contribution is -2.39. The molecular weight excluding hydrogens is 474 g/mol. The van der Waals surface area contributed by atoms with Crippen molar-refractivity contribution in [2.45, 2.75) is 12.5 Å². The molecule has 2 aliphatic rings. The fraction of sp³-hybridized carbons (Fsp3) is 0.261. The molecule has 1 fully saturated rings. The van der Waals surface area contributed by atoms with Gasteiger partial charge in [0.1, 0.15) is 5.82 Å². The van der Waals surface area contributed by atoms with E-state index in [-0.39, 0.29) is 11.2 Å². The average molecular weight is 496 g/mol. The number of pyridine rings is 1. The number of hydrogen-bond acceptors (Lipinski definition) is 5. The molecule has 6 nitrogen and oxygen atoms in total. The number of aromatic nitrogens is 1. The van der Waals surface area contributed by atoms with Gasteiger partial charge >= 0.3 is 0 Å². The summed E-state index contributed by atoms with van der Waals surface area (Å²) in [6, 6.07) is 18.5. The normalized spacial score (nSPS) is 19.0. The van der Waals surface area contributed by atoms with Gasteiger partial charge in [0.25, 0.3) is 0 Å². The number of rotatable bonds is 3. The van der Waals surface area contributed by atoms with Crippen LogP contribution >= 0.6 is 28.1 Å². The number of para-hydroxylation sites is 1. The molecule has 0 saturated carbocycles. The van der Waals surface area contributed by atoms with Gasteiger partial charge in [-0.05, 0) is 42.0 Å². The minimum absolute atomic E-state index is 0.105. The van der Waals surface area contributed by atoms with Gasteiger partial charge in [-0.15, -0.1) is 0 Å². The number of anilines is 1. The Morgan fingerprint density at radius 2 is 1.84 bits per heavy atom. The van der Waals surface area contributed by atoms with Crippen molar-refractivity contribution >= 4 is 55.7 Å². The first-order valence-corrected chi connectivity index (χ1v) is 11.4. The third-order valence-corrected chi connectivity index (χ3v) is 6.43. The Morgan fingerprint density at radius 3 is 2.58 bits per heavy atom. The van der Waals surface area contributed by atoms with Crippen LogP contribution in [0.25, 0.3) is 10.9 Å². The molecule has 1 saturated heterocycles. The third-order valence-electron chi connectivity index (χ3n) is 5.72. The lowest BCUT2D eigenvalue weighted by Gasteiger charge is -2.32. The second-order valence-corrected chi connectivity index (χ2v) is 8.98. The van der Waals surface area contributed by atoms with Crippen LogP contribution in [0.5, 0.6) is 0 Å². The van der Waals surface area contributed by atoms with Crippen molar-refractivity contribution < 1.29 is 4.74 Å². The Morgan fingerprint density at radius 1 is 1.10 bits per heavy atom. The number of hydrazone groups is 1. The Labute approximate surface area is 194 Å². The average Bonchev–Trinajstić information content (AvgIpc) is 3.25. The molecule has 31 heavy (non-hydrogen) atoms. The predicted molar refractivity (Wildman–Crippen MR) is 131 cm³/mol. The molecule has 1 atom stereocenters. The number of hydrogen-bond donors (Lipinski definition) is 1. The Balaban J connectivity index is 1.59. The summed E-state index contributed by atoms with van der Waals surface area (Å²) in [5, 5.41) is 7.93. The lowest BCUT2D eigenvalue weighted by atomic mass is 9.97. The van der Waals surface area contributed by atoms with E-state index >= 15 is 0 Å². The molecule has 0 bridgehead atoms. The van der Waals surface area contributed by atoms with Crippen LogP contribution in [0.1, 0.15) is 23.6 Å². The van der Waals surface area contributed by atoms with E-state index in [4.69, 9.17) is 32.8 Å². The fourth-order valence-corrected chi connectivity index (χ4v) is 4.60. The Hall–Kier alpha value is -2.55. The number of ether oxygens (including phenoxy) is 1. The number of thiocarbonyl (C=S) groups is 1. The van der Waals surface area contributed by atoms with Gasteiger partial charge in [-0.25, -0.2) is 9.99 Å². The van der Waals surface area contributed by atoms with Crippen molar-refractivity contribution in [3.05, 3.63) is 70.2 Å². The molecule has 0 radical (unpaired) electrons. The van der Waals surface area contributed by atoms with Gasteiger partial charge in [0.15, 0.2) is 5.11 Å². The van der Waals surface area contributed by atoms with E-state index in [1.54, 1.807) is 5.01 Å². The summed E-state index contributed by atoms with van der Waals surface area (Å²) in [5.74, 6) is 0.959. The van der Waals surface area contributed by atoms with Gasteiger partial charge in [-0.1, -0.05) is 46.3 Å². The lowest BCUT2D eigenvalue weighted by molar-refractivity contribution is 0.122. The van der Waals surface area contributed by atoms with Gasteiger partial charge in [0.05, 0.1) is 30.5 Å². The van der Waals surface area contributed by atoms with Gasteiger partial charge in [0.2, 0.25) is 0 Å². The molecule has 2 aromatic carbocycles. The second kappa shape index (κ2) is 8.53. The van der Waals surface area contributed by atoms with Crippen LogP contribution in [0.3, 0.4) is 0 Å². The summed E-state index contributed by atoms with van der Waals surface area (Å²) in [7, 11) is 0. The highest BCUT2D eigenvalue weighted by molar-refractivity contribution is 9.10. The molecule has 5 rings (SSSR count). The highest BCUT2D eigenvalue weighted by Crippen LogP contribution is 2.38. The zero-order chi connectivity index (χ0) is 21.4. The van der Waals surface area contributed by atoms with E-state index in [1.807, 2.05) is 30.3 Å². The van der Waals surface area contributed by atoms with Gasteiger partial charge in [0, 0.05) is 34.9 Å². The standard InChI is InChI=1S/C23H22BrN5OS/c24-17-7-5-15(6-8-17)20-14-21(29(27-20)23(25)31)18-13-16-3-1-2-4-19(16)26-22(18)28-9-11-30-12-10-28/h1-8,13,21H,9-12,14H2,(H2,25,31). The molecule has 158 valence electrons. The smallest absolute Gasteiger partial charge is 0.187 e. The van der Waals surface area contributed by atoms with Crippen LogP contribution < -0.4 is 10.6 Å². The molecular formula is C23H22BrN5OS. The van der Waals surface area contributed by atoms with Gasteiger partial charge in [-0.2, -0.15) is 5.10 Å². The van der Waals surface area contributed by atoms with E-state index in [1.165, 1.54) is 0 Å². The van der Waals surface area contributed by atoms with Crippen LogP contribution in [0.2, 0.25) is 0 Å². The number of nitrogens with zero attached hydrogens (tertiary/aromatic N) is 4. The van der Waals surface area contributed by atoms with Crippen LogP contribution in [-0.2, 0) is 4.74 Å². The zero-order valence-corrected chi connectivity index (χ0v) is 19.3. The van der Waals surface area contributed by atoms with Crippen molar-refractivity contribution in [3.63, 3.8) is 0 Å². The molecule has 0 spiro atoms. The number of nitrogens with two attached hydrogens (primary N) is 1. The predicted octanol–water partition coefficient (Wildman–Crippen LogP) is 4.23. The van der Waals surface area contributed by atoms with Crippen molar-refractivity contribution in [1.29, 1.82) is 0 Å².